The lowest BCUT2D eigenvalue weighted by molar-refractivity contribution is -0.384. The van der Waals surface area contributed by atoms with Crippen LogP contribution >= 0.6 is 11.6 Å². The van der Waals surface area contributed by atoms with Crippen LogP contribution < -0.4 is 4.74 Å². The van der Waals surface area contributed by atoms with E-state index >= 15 is 0 Å². The Kier molecular flexibility index (Phi) is 4.38. The van der Waals surface area contributed by atoms with Gasteiger partial charge in [-0.15, -0.1) is 0 Å². The molecular weight excluding hydrogens is 296 g/mol. The number of aliphatic hydroxyl groups is 1. The first-order valence-corrected chi connectivity index (χ1v) is 6.18. The molecule has 0 unspecified atom stereocenters. The predicted molar refractivity (Wildman–Crippen MR) is 75.3 cm³/mol. The molecule has 2 aromatic rings. The topological polar surface area (TPSA) is 96.4 Å². The number of non-ortho nitro benzene ring substituents is 1. The molecule has 1 N–H and O–H groups in total. The summed E-state index contributed by atoms with van der Waals surface area (Å²) in [5.74, 6) is 0.288. The molecule has 0 aromatic heterocycles. The van der Waals surface area contributed by atoms with Gasteiger partial charge < -0.3 is 9.84 Å². The summed E-state index contributed by atoms with van der Waals surface area (Å²) in [5.41, 5.74) is 0.591. The minimum absolute atomic E-state index is 0.0825. The molecule has 7 heteroatoms. The summed E-state index contributed by atoms with van der Waals surface area (Å²) in [6.07, 6.45) is 0. The van der Waals surface area contributed by atoms with E-state index in [0.717, 1.165) is 0 Å². The Morgan fingerprint density at radius 2 is 2.05 bits per heavy atom. The van der Waals surface area contributed by atoms with E-state index in [9.17, 15) is 10.1 Å². The van der Waals surface area contributed by atoms with Gasteiger partial charge in [0.2, 0.25) is 0 Å². The number of nitrogens with zero attached hydrogens (tertiary/aromatic N) is 2. The van der Waals surface area contributed by atoms with E-state index in [1.54, 1.807) is 6.07 Å². The van der Waals surface area contributed by atoms with Gasteiger partial charge in [-0.2, -0.15) is 5.26 Å². The van der Waals surface area contributed by atoms with Crippen LogP contribution in [0.3, 0.4) is 0 Å². The first-order chi connectivity index (χ1) is 10.0. The molecule has 0 saturated heterocycles. The van der Waals surface area contributed by atoms with Gasteiger partial charge >= 0.3 is 0 Å². The number of nitro groups is 1. The fraction of sp³-hybridized carbons (Fsp3) is 0.0714. The Labute approximate surface area is 124 Å². The van der Waals surface area contributed by atoms with Crippen LogP contribution in [0.25, 0.3) is 0 Å². The summed E-state index contributed by atoms with van der Waals surface area (Å²) in [4.78, 5) is 10.2. The Balaban J connectivity index is 2.40. The molecule has 0 radical (unpaired) electrons. The van der Waals surface area contributed by atoms with Crippen molar-refractivity contribution in [2.75, 3.05) is 0 Å². The van der Waals surface area contributed by atoms with Crippen LogP contribution in [0, 0.1) is 21.4 Å². The van der Waals surface area contributed by atoms with E-state index in [4.69, 9.17) is 26.7 Å². The number of halogens is 1. The quantitative estimate of drug-likeness (QED) is 0.689. The van der Waals surface area contributed by atoms with Crippen LogP contribution in [-0.4, -0.2) is 10.0 Å². The van der Waals surface area contributed by atoms with E-state index in [0.29, 0.717) is 5.56 Å². The highest BCUT2D eigenvalue weighted by Crippen LogP contribution is 2.34. The number of hydrogen-bond donors (Lipinski definition) is 1. The Bertz CT molecular complexity index is 740. The van der Waals surface area contributed by atoms with Gasteiger partial charge in [-0.1, -0.05) is 17.7 Å². The molecule has 0 aliphatic carbocycles. The second-order valence-electron chi connectivity index (χ2n) is 4.07. The molecule has 106 valence electrons. The second-order valence-corrected chi connectivity index (χ2v) is 4.48. The number of ether oxygens (including phenoxy) is 1. The van der Waals surface area contributed by atoms with Crippen LogP contribution in [-0.2, 0) is 6.61 Å². The van der Waals surface area contributed by atoms with Gasteiger partial charge in [0.05, 0.1) is 28.2 Å². The summed E-state index contributed by atoms with van der Waals surface area (Å²) >= 11 is 5.93. The van der Waals surface area contributed by atoms with E-state index in [1.807, 2.05) is 6.07 Å². The normalized spacial score (nSPS) is 9.95. The summed E-state index contributed by atoms with van der Waals surface area (Å²) in [5, 5.41) is 29.0. The molecule has 2 aromatic carbocycles. The highest BCUT2D eigenvalue weighted by Gasteiger charge is 2.13. The van der Waals surface area contributed by atoms with E-state index in [-0.39, 0.29) is 34.4 Å². The van der Waals surface area contributed by atoms with Crippen molar-refractivity contribution in [2.45, 2.75) is 6.61 Å². The van der Waals surface area contributed by atoms with Crippen LogP contribution in [0.5, 0.6) is 11.5 Å². The number of nitriles is 1. The summed E-state index contributed by atoms with van der Waals surface area (Å²) < 4.78 is 5.48. The summed E-state index contributed by atoms with van der Waals surface area (Å²) in [6, 6.07) is 10.3. The Morgan fingerprint density at radius 3 is 2.67 bits per heavy atom. The van der Waals surface area contributed by atoms with E-state index in [1.165, 1.54) is 30.3 Å². The SMILES string of the molecule is N#Cc1cc(CO)ccc1Oc1cc([N+](=O)[O-])ccc1Cl. The third-order valence-corrected chi connectivity index (χ3v) is 3.00. The number of nitro benzene ring substituents is 1. The maximum Gasteiger partial charge on any atom is 0.273 e. The summed E-state index contributed by atoms with van der Waals surface area (Å²) in [7, 11) is 0. The number of benzene rings is 2. The molecule has 0 aliphatic rings. The Morgan fingerprint density at radius 1 is 1.29 bits per heavy atom. The molecule has 2 rings (SSSR count). The molecule has 0 amide bonds. The molecule has 0 spiro atoms. The van der Waals surface area contributed by atoms with Crippen molar-refractivity contribution in [3.8, 4) is 17.6 Å². The fourth-order valence-corrected chi connectivity index (χ4v) is 1.81. The molecule has 0 heterocycles. The monoisotopic (exact) mass is 304 g/mol. The molecule has 0 atom stereocenters. The van der Waals surface area contributed by atoms with Gasteiger partial charge in [0.25, 0.3) is 5.69 Å². The zero-order valence-corrected chi connectivity index (χ0v) is 11.4. The van der Waals surface area contributed by atoms with Gasteiger partial charge in [-0.05, 0) is 23.8 Å². The maximum absolute atomic E-state index is 10.8. The van der Waals surface area contributed by atoms with Crippen molar-refractivity contribution < 1.29 is 14.8 Å². The van der Waals surface area contributed by atoms with Gasteiger partial charge in [0.15, 0.2) is 5.75 Å². The molecule has 0 aliphatic heterocycles. The fourth-order valence-electron chi connectivity index (χ4n) is 1.65. The molecule has 0 bridgehead atoms. The average Bonchev–Trinajstić information content (AvgIpc) is 2.49. The van der Waals surface area contributed by atoms with Crippen molar-refractivity contribution in [1.29, 1.82) is 5.26 Å². The van der Waals surface area contributed by atoms with Crippen molar-refractivity contribution in [3.05, 3.63) is 62.7 Å². The van der Waals surface area contributed by atoms with Gasteiger partial charge in [-0.3, -0.25) is 10.1 Å². The van der Waals surface area contributed by atoms with Gasteiger partial charge in [0.1, 0.15) is 11.8 Å². The lowest BCUT2D eigenvalue weighted by Crippen LogP contribution is -1.93. The lowest BCUT2D eigenvalue weighted by Gasteiger charge is -2.09. The molecule has 0 fully saturated rings. The maximum atomic E-state index is 10.8. The standard InChI is InChI=1S/C14H9ClN2O4/c15-12-3-2-11(17(19)20)6-14(12)21-13-4-1-9(8-18)5-10(13)7-16/h1-6,18H,8H2. The highest BCUT2D eigenvalue weighted by atomic mass is 35.5. The number of rotatable bonds is 4. The van der Waals surface area contributed by atoms with Crippen molar-refractivity contribution in [2.24, 2.45) is 0 Å². The molecular formula is C14H9ClN2O4. The third kappa shape index (κ3) is 3.28. The van der Waals surface area contributed by atoms with Crippen molar-refractivity contribution >= 4 is 17.3 Å². The minimum atomic E-state index is -0.566. The van der Waals surface area contributed by atoms with Crippen LogP contribution in [0.1, 0.15) is 11.1 Å². The second kappa shape index (κ2) is 6.22. The van der Waals surface area contributed by atoms with E-state index in [2.05, 4.69) is 0 Å². The lowest BCUT2D eigenvalue weighted by atomic mass is 10.1. The number of hydrogen-bond acceptors (Lipinski definition) is 5. The molecule has 0 saturated carbocycles. The smallest absolute Gasteiger partial charge is 0.273 e. The predicted octanol–water partition coefficient (Wildman–Crippen LogP) is 3.40. The van der Waals surface area contributed by atoms with E-state index < -0.39 is 4.92 Å². The van der Waals surface area contributed by atoms with Crippen molar-refractivity contribution in [1.82, 2.24) is 0 Å². The van der Waals surface area contributed by atoms with Crippen molar-refractivity contribution in [3.63, 3.8) is 0 Å². The van der Waals surface area contributed by atoms with Crippen LogP contribution in [0.4, 0.5) is 5.69 Å². The largest absolute Gasteiger partial charge is 0.454 e. The first kappa shape index (κ1) is 14.8. The zero-order valence-electron chi connectivity index (χ0n) is 10.6. The van der Waals surface area contributed by atoms with Crippen LogP contribution in [0.2, 0.25) is 5.02 Å². The zero-order chi connectivity index (χ0) is 15.4. The van der Waals surface area contributed by atoms with Gasteiger partial charge in [0, 0.05) is 6.07 Å². The van der Waals surface area contributed by atoms with Gasteiger partial charge in [-0.25, -0.2) is 0 Å². The summed E-state index contributed by atoms with van der Waals surface area (Å²) in [6.45, 7) is -0.202. The first-order valence-electron chi connectivity index (χ1n) is 5.81. The Hall–Kier alpha value is -2.62. The highest BCUT2D eigenvalue weighted by molar-refractivity contribution is 6.32. The minimum Gasteiger partial charge on any atom is -0.454 e. The molecule has 6 nitrogen and oxygen atoms in total. The number of aliphatic hydroxyl groups excluding tert-OH is 1. The molecule has 21 heavy (non-hydrogen) atoms. The average molecular weight is 305 g/mol. The third-order valence-electron chi connectivity index (χ3n) is 2.69. The van der Waals surface area contributed by atoms with Crippen LogP contribution in [0.15, 0.2) is 36.4 Å².